The Balaban J connectivity index is 1.42. The fraction of sp³-hybridized carbons (Fsp3) is 0.278. The summed E-state index contributed by atoms with van der Waals surface area (Å²) < 4.78 is 54.5. The second-order valence-corrected chi connectivity index (χ2v) is 8.56. The highest BCUT2D eigenvalue weighted by Crippen LogP contribution is 2.19. The summed E-state index contributed by atoms with van der Waals surface area (Å²) in [4.78, 5) is 2.12. The minimum atomic E-state index is -3.66. The third-order valence-electron chi connectivity index (χ3n) is 4.75. The lowest BCUT2D eigenvalue weighted by molar-refractivity contribution is 0.177. The number of benzene rings is 2. The average Bonchev–Trinajstić information content (AvgIpc) is 3.17. The molecule has 0 radical (unpaired) electrons. The summed E-state index contributed by atoms with van der Waals surface area (Å²) in [6, 6.07) is 10.7. The second-order valence-electron chi connectivity index (χ2n) is 6.62. The molecule has 0 bridgehead atoms. The van der Waals surface area contributed by atoms with Gasteiger partial charge in [-0.3, -0.25) is 4.90 Å². The Kier molecular flexibility index (Phi) is 5.35. The van der Waals surface area contributed by atoms with E-state index in [1.54, 1.807) is 12.1 Å². The van der Waals surface area contributed by atoms with Crippen LogP contribution in [-0.4, -0.2) is 64.0 Å². The van der Waals surface area contributed by atoms with Crippen molar-refractivity contribution in [3.8, 4) is 5.69 Å². The molecule has 1 fully saturated rings. The maximum Gasteiger partial charge on any atom is 0.243 e. The maximum absolute atomic E-state index is 13.1. The molecule has 1 aliphatic heterocycles. The summed E-state index contributed by atoms with van der Waals surface area (Å²) >= 11 is 0. The molecular formula is C18H18F2N6O2S. The number of aromatic nitrogens is 4. The van der Waals surface area contributed by atoms with Crippen LogP contribution in [-0.2, 0) is 16.6 Å². The Hall–Kier alpha value is -2.76. The molecule has 2 heterocycles. The summed E-state index contributed by atoms with van der Waals surface area (Å²) in [5.74, 6) is -0.249. The minimum Gasteiger partial charge on any atom is -0.293 e. The molecule has 0 amide bonds. The smallest absolute Gasteiger partial charge is 0.243 e. The lowest BCUT2D eigenvalue weighted by Gasteiger charge is -2.33. The van der Waals surface area contributed by atoms with E-state index in [0.717, 1.165) is 12.1 Å². The van der Waals surface area contributed by atoms with E-state index in [2.05, 4.69) is 15.5 Å². The monoisotopic (exact) mass is 420 g/mol. The predicted octanol–water partition coefficient (Wildman–Crippen LogP) is 1.45. The van der Waals surface area contributed by atoms with Crippen molar-refractivity contribution in [2.45, 2.75) is 11.4 Å². The molecule has 3 aromatic rings. The van der Waals surface area contributed by atoms with Crippen molar-refractivity contribution >= 4 is 10.0 Å². The number of sulfonamides is 1. The molecule has 0 saturated carbocycles. The van der Waals surface area contributed by atoms with Crippen molar-refractivity contribution in [1.29, 1.82) is 0 Å². The molecule has 0 spiro atoms. The van der Waals surface area contributed by atoms with Gasteiger partial charge in [-0.1, -0.05) is 0 Å². The molecule has 1 aromatic heterocycles. The first kappa shape index (κ1) is 19.6. The normalized spacial score (nSPS) is 16.2. The van der Waals surface area contributed by atoms with Crippen LogP contribution in [0.4, 0.5) is 8.78 Å². The highest BCUT2D eigenvalue weighted by Gasteiger charge is 2.29. The zero-order valence-electron chi connectivity index (χ0n) is 15.3. The Morgan fingerprint density at radius 2 is 1.45 bits per heavy atom. The van der Waals surface area contributed by atoms with Crippen molar-refractivity contribution in [2.75, 3.05) is 26.2 Å². The van der Waals surface area contributed by atoms with Crippen molar-refractivity contribution in [3.63, 3.8) is 0 Å². The summed E-state index contributed by atoms with van der Waals surface area (Å²) in [5.41, 5.74) is 0.643. The number of nitrogens with zero attached hydrogens (tertiary/aromatic N) is 6. The molecule has 0 aliphatic carbocycles. The largest absolute Gasteiger partial charge is 0.293 e. The molecule has 0 atom stereocenters. The molecule has 8 nitrogen and oxygen atoms in total. The van der Waals surface area contributed by atoms with Gasteiger partial charge in [0.15, 0.2) is 5.82 Å². The quantitative estimate of drug-likeness (QED) is 0.621. The van der Waals surface area contributed by atoms with Gasteiger partial charge in [-0.2, -0.15) is 8.99 Å². The van der Waals surface area contributed by atoms with Gasteiger partial charge in [0, 0.05) is 26.2 Å². The Bertz CT molecular complexity index is 1080. The maximum atomic E-state index is 13.1. The summed E-state index contributed by atoms with van der Waals surface area (Å²) in [6.45, 7) is 2.03. The van der Waals surface area contributed by atoms with Gasteiger partial charge in [0.1, 0.15) is 11.6 Å². The first-order chi connectivity index (χ1) is 13.9. The molecule has 29 heavy (non-hydrogen) atoms. The highest BCUT2D eigenvalue weighted by atomic mass is 32.2. The first-order valence-electron chi connectivity index (χ1n) is 8.95. The molecule has 11 heteroatoms. The van der Waals surface area contributed by atoms with Gasteiger partial charge in [0.2, 0.25) is 10.0 Å². The van der Waals surface area contributed by atoms with Crippen LogP contribution in [0.5, 0.6) is 0 Å². The number of hydrogen-bond donors (Lipinski definition) is 0. The Labute approximate surface area is 166 Å². The summed E-state index contributed by atoms with van der Waals surface area (Å²) in [7, 11) is -3.66. The Morgan fingerprint density at radius 3 is 2.07 bits per heavy atom. The van der Waals surface area contributed by atoms with Crippen LogP contribution in [0.25, 0.3) is 5.69 Å². The molecule has 1 saturated heterocycles. The predicted molar refractivity (Wildman–Crippen MR) is 99.5 cm³/mol. The third-order valence-corrected chi connectivity index (χ3v) is 6.67. The van der Waals surface area contributed by atoms with Gasteiger partial charge < -0.3 is 0 Å². The van der Waals surface area contributed by atoms with E-state index in [1.165, 1.54) is 33.3 Å². The van der Waals surface area contributed by atoms with E-state index < -0.39 is 15.8 Å². The zero-order valence-corrected chi connectivity index (χ0v) is 16.1. The van der Waals surface area contributed by atoms with Gasteiger partial charge in [-0.05, 0) is 59.0 Å². The topological polar surface area (TPSA) is 84.2 Å². The molecule has 1 aliphatic rings. The number of hydrogen-bond acceptors (Lipinski definition) is 6. The molecule has 152 valence electrons. The van der Waals surface area contributed by atoms with Gasteiger partial charge in [0.05, 0.1) is 17.1 Å². The summed E-state index contributed by atoms with van der Waals surface area (Å²) in [6.07, 6.45) is 0. The van der Waals surface area contributed by atoms with Gasteiger partial charge in [-0.25, -0.2) is 17.2 Å². The van der Waals surface area contributed by atoms with Crippen LogP contribution in [0.3, 0.4) is 0 Å². The van der Waals surface area contributed by atoms with Crippen LogP contribution < -0.4 is 0 Å². The highest BCUT2D eigenvalue weighted by molar-refractivity contribution is 7.89. The van der Waals surface area contributed by atoms with E-state index >= 15 is 0 Å². The van der Waals surface area contributed by atoms with E-state index in [1.807, 2.05) is 4.90 Å². The first-order valence-corrected chi connectivity index (χ1v) is 10.4. The second kappa shape index (κ2) is 7.93. The Morgan fingerprint density at radius 1 is 0.862 bits per heavy atom. The number of piperazine rings is 1. The van der Waals surface area contributed by atoms with Gasteiger partial charge in [-0.15, -0.1) is 5.10 Å². The number of tetrazole rings is 1. The van der Waals surface area contributed by atoms with Crippen LogP contribution in [0.1, 0.15) is 5.82 Å². The standard InChI is InChI=1S/C18H18F2N6O2S/c19-14-1-5-16(6-2-14)26-18(21-22-23-26)13-24-9-11-25(12-10-24)29(27,28)17-7-3-15(20)4-8-17/h1-8H,9-13H2. The van der Waals surface area contributed by atoms with Crippen molar-refractivity contribution in [2.24, 2.45) is 0 Å². The number of rotatable bonds is 5. The molecular weight excluding hydrogens is 402 g/mol. The fourth-order valence-corrected chi connectivity index (χ4v) is 4.59. The lowest BCUT2D eigenvalue weighted by atomic mass is 10.3. The van der Waals surface area contributed by atoms with Crippen molar-refractivity contribution in [1.82, 2.24) is 29.4 Å². The molecule has 0 unspecified atom stereocenters. The minimum absolute atomic E-state index is 0.0765. The van der Waals surface area contributed by atoms with Crippen molar-refractivity contribution < 1.29 is 17.2 Å². The van der Waals surface area contributed by atoms with Gasteiger partial charge >= 0.3 is 0 Å². The molecule has 4 rings (SSSR count). The van der Waals surface area contributed by atoms with E-state index in [9.17, 15) is 17.2 Å². The van der Waals surface area contributed by atoms with Crippen LogP contribution >= 0.6 is 0 Å². The zero-order chi connectivity index (χ0) is 20.4. The number of halogens is 2. The lowest BCUT2D eigenvalue weighted by Crippen LogP contribution is -2.48. The van der Waals surface area contributed by atoms with Crippen LogP contribution in [0, 0.1) is 11.6 Å². The van der Waals surface area contributed by atoms with Crippen molar-refractivity contribution in [3.05, 3.63) is 66.0 Å². The summed E-state index contributed by atoms with van der Waals surface area (Å²) in [5, 5.41) is 11.7. The SMILES string of the molecule is O=S(=O)(c1ccc(F)cc1)N1CCN(Cc2nnnn2-c2ccc(F)cc2)CC1. The molecule has 0 N–H and O–H groups in total. The fourth-order valence-electron chi connectivity index (χ4n) is 3.17. The average molecular weight is 420 g/mol. The van der Waals surface area contributed by atoms with Gasteiger partial charge in [0.25, 0.3) is 0 Å². The third kappa shape index (κ3) is 4.16. The van der Waals surface area contributed by atoms with E-state index in [-0.39, 0.29) is 10.7 Å². The molecule has 2 aromatic carbocycles. The van der Waals surface area contributed by atoms with Crippen LogP contribution in [0.15, 0.2) is 53.4 Å². The van der Waals surface area contributed by atoms with E-state index in [0.29, 0.717) is 44.2 Å². The van der Waals surface area contributed by atoms with E-state index in [4.69, 9.17) is 0 Å². The van der Waals surface area contributed by atoms with Crippen LogP contribution in [0.2, 0.25) is 0 Å².